The van der Waals surface area contributed by atoms with Gasteiger partial charge in [0, 0.05) is 26.2 Å². The van der Waals surface area contributed by atoms with Gasteiger partial charge in [-0.25, -0.2) is 8.42 Å². The lowest BCUT2D eigenvalue weighted by Gasteiger charge is -2.33. The van der Waals surface area contributed by atoms with Crippen molar-refractivity contribution in [2.45, 2.75) is 4.90 Å². The van der Waals surface area contributed by atoms with Crippen LogP contribution in [0.5, 0.6) is 0 Å². The fourth-order valence-corrected chi connectivity index (χ4v) is 4.22. The number of carbonyl (C=O) groups excluding carboxylic acids is 1. The molecule has 1 aliphatic heterocycles. The van der Waals surface area contributed by atoms with E-state index in [1.165, 1.54) is 10.5 Å². The molecule has 0 radical (unpaired) electrons. The molecule has 2 heterocycles. The molecule has 9 heteroatoms. The number of hydrogen-bond donors (Lipinski definition) is 0. The Balaban J connectivity index is 1.68. The van der Waals surface area contributed by atoms with E-state index in [-0.39, 0.29) is 23.9 Å². The summed E-state index contributed by atoms with van der Waals surface area (Å²) in [6.07, 6.45) is 1.43. The Bertz CT molecular complexity index is 739. The number of piperazine rings is 1. The summed E-state index contributed by atoms with van der Waals surface area (Å²) in [6, 6.07) is 8.33. The van der Waals surface area contributed by atoms with E-state index in [1.54, 1.807) is 35.2 Å². The lowest BCUT2D eigenvalue weighted by molar-refractivity contribution is 0.0702. The zero-order valence-corrected chi connectivity index (χ0v) is 13.3. The molecule has 0 aliphatic carbocycles. The summed E-state index contributed by atoms with van der Waals surface area (Å²) in [7, 11) is -3.49. The van der Waals surface area contributed by atoms with Crippen molar-refractivity contribution >= 4 is 27.5 Å². The van der Waals surface area contributed by atoms with Gasteiger partial charge in [0.05, 0.1) is 11.1 Å². The molecule has 0 bridgehead atoms. The Hall–Kier alpha value is -1.84. The predicted molar refractivity (Wildman–Crippen MR) is 81.0 cm³/mol. The van der Waals surface area contributed by atoms with Gasteiger partial charge in [0.15, 0.2) is 0 Å². The molecule has 0 atom stereocenters. The number of carbonyl (C=O) groups is 1. The topological polar surface area (TPSA) is 83.5 Å². The third-order valence-electron chi connectivity index (χ3n) is 3.48. The molecule has 0 spiro atoms. The summed E-state index contributed by atoms with van der Waals surface area (Å²) >= 11 is 1.04. The van der Waals surface area contributed by atoms with Crippen LogP contribution in [0.1, 0.15) is 9.67 Å². The van der Waals surface area contributed by atoms with Gasteiger partial charge >= 0.3 is 0 Å². The molecule has 1 aliphatic rings. The van der Waals surface area contributed by atoms with E-state index < -0.39 is 10.0 Å². The van der Waals surface area contributed by atoms with E-state index in [0.717, 1.165) is 11.5 Å². The SMILES string of the molecule is O=C(c1cnns1)N1CCN(S(=O)(=O)c2ccccc2)CC1. The van der Waals surface area contributed by atoms with Crippen molar-refractivity contribution in [3.63, 3.8) is 0 Å². The highest BCUT2D eigenvalue weighted by Crippen LogP contribution is 2.18. The maximum absolute atomic E-state index is 12.5. The van der Waals surface area contributed by atoms with Crippen LogP contribution < -0.4 is 0 Å². The van der Waals surface area contributed by atoms with E-state index in [9.17, 15) is 13.2 Å². The first-order chi connectivity index (χ1) is 10.6. The molecular weight excluding hydrogens is 324 g/mol. The first kappa shape index (κ1) is 15.1. The fraction of sp³-hybridized carbons (Fsp3) is 0.308. The lowest BCUT2D eigenvalue weighted by atomic mass is 10.3. The van der Waals surface area contributed by atoms with E-state index in [2.05, 4.69) is 9.59 Å². The predicted octanol–water partition coefficient (Wildman–Crippen LogP) is 0.685. The molecule has 22 heavy (non-hydrogen) atoms. The van der Waals surface area contributed by atoms with Crippen LogP contribution in [0, 0.1) is 0 Å². The molecule has 3 rings (SSSR count). The molecule has 116 valence electrons. The first-order valence-electron chi connectivity index (χ1n) is 6.71. The van der Waals surface area contributed by atoms with Gasteiger partial charge in [0.25, 0.3) is 5.91 Å². The van der Waals surface area contributed by atoms with Gasteiger partial charge in [-0.1, -0.05) is 22.7 Å². The smallest absolute Gasteiger partial charge is 0.267 e. The summed E-state index contributed by atoms with van der Waals surface area (Å²) in [5.41, 5.74) is 0. The van der Waals surface area contributed by atoms with E-state index in [1.807, 2.05) is 0 Å². The average molecular weight is 338 g/mol. The second kappa shape index (κ2) is 6.11. The second-order valence-corrected chi connectivity index (χ2v) is 7.51. The maximum atomic E-state index is 12.5. The van der Waals surface area contributed by atoms with Crippen molar-refractivity contribution in [1.29, 1.82) is 0 Å². The van der Waals surface area contributed by atoms with Crippen LogP contribution in [0.3, 0.4) is 0 Å². The summed E-state index contributed by atoms with van der Waals surface area (Å²) in [5.74, 6) is -0.147. The number of amides is 1. The minimum atomic E-state index is -3.49. The van der Waals surface area contributed by atoms with Gasteiger partial charge in [-0.2, -0.15) is 4.31 Å². The van der Waals surface area contributed by atoms with Gasteiger partial charge in [-0.05, 0) is 23.7 Å². The number of rotatable bonds is 3. The number of aromatic nitrogens is 2. The van der Waals surface area contributed by atoms with Crippen LogP contribution in [0.4, 0.5) is 0 Å². The average Bonchev–Trinajstić information content (AvgIpc) is 3.09. The van der Waals surface area contributed by atoms with Crippen molar-refractivity contribution in [2.75, 3.05) is 26.2 Å². The Labute approximate surface area is 132 Å². The highest BCUT2D eigenvalue weighted by atomic mass is 32.2. The Kier molecular flexibility index (Phi) is 4.19. The standard InChI is InChI=1S/C13H14N4O3S2/c18-13(12-10-14-15-21-12)16-6-8-17(9-7-16)22(19,20)11-4-2-1-3-5-11/h1-5,10H,6-9H2. The minimum Gasteiger partial charge on any atom is -0.335 e. The summed E-state index contributed by atoms with van der Waals surface area (Å²) in [5, 5.41) is 3.65. The molecular formula is C13H14N4O3S2. The van der Waals surface area contributed by atoms with Gasteiger partial charge in [0.2, 0.25) is 10.0 Å². The summed E-state index contributed by atoms with van der Waals surface area (Å²) in [4.78, 5) is 14.6. The number of sulfonamides is 1. The summed E-state index contributed by atoms with van der Waals surface area (Å²) in [6.45, 7) is 1.30. The third-order valence-corrected chi connectivity index (χ3v) is 6.04. The largest absolute Gasteiger partial charge is 0.335 e. The molecule has 1 aromatic carbocycles. The van der Waals surface area contributed by atoms with Crippen LogP contribution >= 0.6 is 11.5 Å². The Morgan fingerprint density at radius 2 is 1.77 bits per heavy atom. The first-order valence-corrected chi connectivity index (χ1v) is 8.92. The molecule has 0 N–H and O–H groups in total. The van der Waals surface area contributed by atoms with Crippen LogP contribution in [-0.2, 0) is 10.0 Å². The number of nitrogens with zero attached hydrogens (tertiary/aromatic N) is 4. The molecule has 7 nitrogen and oxygen atoms in total. The van der Waals surface area contributed by atoms with Gasteiger partial charge in [-0.15, -0.1) is 5.10 Å². The highest BCUT2D eigenvalue weighted by molar-refractivity contribution is 7.89. The monoisotopic (exact) mass is 338 g/mol. The Morgan fingerprint density at radius 3 is 2.36 bits per heavy atom. The minimum absolute atomic E-state index is 0.147. The van der Waals surface area contributed by atoms with E-state index in [0.29, 0.717) is 18.0 Å². The van der Waals surface area contributed by atoms with Crippen LogP contribution in [-0.4, -0.2) is 59.3 Å². The van der Waals surface area contributed by atoms with Crippen LogP contribution in [0.2, 0.25) is 0 Å². The van der Waals surface area contributed by atoms with Crippen LogP contribution in [0.25, 0.3) is 0 Å². The van der Waals surface area contributed by atoms with Gasteiger partial charge < -0.3 is 4.90 Å². The molecule has 1 aromatic heterocycles. The van der Waals surface area contributed by atoms with E-state index >= 15 is 0 Å². The zero-order valence-electron chi connectivity index (χ0n) is 11.6. The van der Waals surface area contributed by atoms with Crippen molar-refractivity contribution < 1.29 is 13.2 Å². The number of benzene rings is 1. The van der Waals surface area contributed by atoms with Gasteiger partial charge in [-0.3, -0.25) is 4.79 Å². The molecule has 1 saturated heterocycles. The normalized spacial score (nSPS) is 16.6. The maximum Gasteiger partial charge on any atom is 0.267 e. The Morgan fingerprint density at radius 1 is 1.09 bits per heavy atom. The molecule has 1 amide bonds. The van der Waals surface area contributed by atoms with E-state index in [4.69, 9.17) is 0 Å². The molecule has 0 unspecified atom stereocenters. The van der Waals surface area contributed by atoms with Crippen molar-refractivity contribution in [1.82, 2.24) is 18.8 Å². The summed E-state index contributed by atoms with van der Waals surface area (Å²) < 4.78 is 30.1. The second-order valence-electron chi connectivity index (χ2n) is 4.79. The zero-order chi connectivity index (χ0) is 15.6. The lowest BCUT2D eigenvalue weighted by Crippen LogP contribution is -2.50. The molecule has 1 fully saturated rings. The van der Waals surface area contributed by atoms with Gasteiger partial charge in [0.1, 0.15) is 4.88 Å². The quantitative estimate of drug-likeness (QED) is 0.822. The number of hydrogen-bond acceptors (Lipinski definition) is 6. The van der Waals surface area contributed by atoms with Crippen LogP contribution in [0.15, 0.2) is 41.4 Å². The molecule has 2 aromatic rings. The van der Waals surface area contributed by atoms with Crippen molar-refractivity contribution in [3.8, 4) is 0 Å². The fourth-order valence-electron chi connectivity index (χ4n) is 2.29. The molecule has 0 saturated carbocycles. The third kappa shape index (κ3) is 2.87. The van der Waals surface area contributed by atoms with Crippen molar-refractivity contribution in [2.24, 2.45) is 0 Å². The van der Waals surface area contributed by atoms with Crippen molar-refractivity contribution in [3.05, 3.63) is 41.4 Å². The highest BCUT2D eigenvalue weighted by Gasteiger charge is 2.30.